The van der Waals surface area contributed by atoms with E-state index in [1.807, 2.05) is 0 Å². The van der Waals surface area contributed by atoms with Crippen molar-refractivity contribution in [3.8, 4) is 17.2 Å². The van der Waals surface area contributed by atoms with Gasteiger partial charge in [0.2, 0.25) is 6.29 Å². The van der Waals surface area contributed by atoms with Crippen LogP contribution in [0.15, 0.2) is 12.1 Å². The van der Waals surface area contributed by atoms with Gasteiger partial charge in [-0.3, -0.25) is 15.6 Å². The van der Waals surface area contributed by atoms with E-state index in [1.54, 1.807) is 10.8 Å². The second-order valence-corrected chi connectivity index (χ2v) is 19.4. The zero-order valence-electron chi connectivity index (χ0n) is 31.5. The number of rotatable bonds is 7. The van der Waals surface area contributed by atoms with E-state index in [2.05, 4.69) is 10.9 Å². The van der Waals surface area contributed by atoms with Gasteiger partial charge in [0, 0.05) is 46.9 Å². The zero-order valence-corrected chi connectivity index (χ0v) is 33.1. The smallest absolute Gasteiger partial charge is 0.335 e. The van der Waals surface area contributed by atoms with Crippen molar-refractivity contribution in [2.24, 2.45) is 22.7 Å². The number of ether oxygens (including phenoxy) is 4. The number of carbonyl (C=O) groups excluding carboxylic acids is 1. The highest BCUT2D eigenvalue weighted by Gasteiger charge is 2.67. The summed E-state index contributed by atoms with van der Waals surface area (Å²) in [6, 6.07) is 2.51. The fourth-order valence-corrected chi connectivity index (χ4v) is 14.2. The summed E-state index contributed by atoms with van der Waals surface area (Å²) in [5.74, 6) is -2.19. The second-order valence-electron chi connectivity index (χ2n) is 17.0. The number of carboxylic acids is 1. The summed E-state index contributed by atoms with van der Waals surface area (Å²) in [6.07, 6.45) is -0.113. The Kier molecular flexibility index (Phi) is 10.8. The van der Waals surface area contributed by atoms with Crippen LogP contribution in [0.2, 0.25) is 0 Å². The number of aromatic carboxylic acids is 1. The van der Waals surface area contributed by atoms with Crippen LogP contribution < -0.4 is 15.6 Å². The van der Waals surface area contributed by atoms with Crippen LogP contribution in [0.1, 0.15) is 84.6 Å². The first-order valence-corrected chi connectivity index (χ1v) is 21.9. The molecule has 9 N–H and O–H groups in total. The summed E-state index contributed by atoms with van der Waals surface area (Å²) in [7, 11) is 3.04. The molecule has 2 aromatic carbocycles. The molecular weight excluding hydrogens is 769 g/mol. The number of ketones is 1. The number of hydrazine groups is 1. The molecule has 11 atom stereocenters. The average molecular weight is 821 g/mol. The third kappa shape index (κ3) is 6.23. The maximum Gasteiger partial charge on any atom is 0.335 e. The van der Waals surface area contributed by atoms with Gasteiger partial charge in [-0.05, 0) is 88.2 Å². The van der Waals surface area contributed by atoms with Crippen LogP contribution in [0.3, 0.4) is 0 Å². The summed E-state index contributed by atoms with van der Waals surface area (Å²) in [5, 5.41) is 77.6. The molecule has 308 valence electrons. The minimum absolute atomic E-state index is 0.0139. The SMILES string of the molecule is CC(=O)c1c(C)c(O)c2cc(C(=O)O)cc(O[C@@H]3O[C@H](CO)[C@]4(CC[C@]56C[C@@]7(CCC[C@@H]7NN5)C[C@H]5COC[C@](CCO)(CSSCO4)[C@H]56)[C@H](O)[C@H]3O)c2c1O. The fourth-order valence-electron chi connectivity index (χ4n) is 11.8. The Hall–Kier alpha value is -2.42. The minimum Gasteiger partial charge on any atom is -0.507 e. The van der Waals surface area contributed by atoms with Crippen molar-refractivity contribution in [2.75, 3.05) is 38.1 Å². The average Bonchev–Trinajstić information content (AvgIpc) is 3.55. The molecule has 2 bridgehead atoms. The van der Waals surface area contributed by atoms with E-state index >= 15 is 0 Å². The van der Waals surface area contributed by atoms with Crippen molar-refractivity contribution < 1.29 is 64.3 Å². The highest BCUT2D eigenvalue weighted by atomic mass is 33.1. The maximum atomic E-state index is 12.6. The molecule has 2 aliphatic carbocycles. The standard InChI is InChI=1S/C39H52N2O13S2/c1-19-27(20(2)44)30(46)28-23(29(19)45)10-21(34(49)50)11-24(28)53-35-31(47)33(48)39(26(13-43)54-35)7-6-38-15-36(5-3-4-25(36)40-41-38)12-22-14-51-16-37(8-9-42,32(22)38)17-55-56-18-52-39/h10-11,22,25-26,31-33,35,40-43,45-48H,3-9,12-18H2,1-2H3,(H,49,50)/t22-,25-,26+,31+,32-,33+,35+,36+,37+,38+,39+/m0/s1. The number of aromatic hydroxyl groups is 2. The van der Waals surface area contributed by atoms with Crippen LogP contribution in [0.25, 0.3) is 10.8 Å². The van der Waals surface area contributed by atoms with E-state index in [4.69, 9.17) is 18.9 Å². The topological polar surface area (TPSA) is 237 Å². The summed E-state index contributed by atoms with van der Waals surface area (Å²) < 4.78 is 25.4. The van der Waals surface area contributed by atoms with Crippen molar-refractivity contribution in [1.82, 2.24) is 10.9 Å². The van der Waals surface area contributed by atoms with Crippen LogP contribution in [0.5, 0.6) is 17.2 Å². The van der Waals surface area contributed by atoms with Gasteiger partial charge in [0.1, 0.15) is 47.1 Å². The number of aliphatic hydroxyl groups excluding tert-OH is 4. The van der Waals surface area contributed by atoms with Crippen LogP contribution in [0.4, 0.5) is 0 Å². The first-order chi connectivity index (χ1) is 26.8. The lowest BCUT2D eigenvalue weighted by Crippen LogP contribution is -2.77. The van der Waals surface area contributed by atoms with Crippen molar-refractivity contribution in [3.05, 3.63) is 28.8 Å². The minimum atomic E-state index is -1.81. The largest absolute Gasteiger partial charge is 0.507 e. The lowest BCUT2D eigenvalue weighted by atomic mass is 9.47. The molecule has 2 aromatic rings. The van der Waals surface area contributed by atoms with E-state index in [0.29, 0.717) is 37.9 Å². The van der Waals surface area contributed by atoms with Gasteiger partial charge in [-0.2, -0.15) is 0 Å². The number of hydrogen-bond donors (Lipinski definition) is 9. The van der Waals surface area contributed by atoms with Gasteiger partial charge in [-0.25, -0.2) is 4.79 Å². The molecule has 15 nitrogen and oxygen atoms in total. The summed E-state index contributed by atoms with van der Waals surface area (Å²) in [6.45, 7) is 3.13. The van der Waals surface area contributed by atoms with E-state index in [0.717, 1.165) is 44.2 Å². The van der Waals surface area contributed by atoms with Crippen LogP contribution in [0, 0.1) is 29.6 Å². The van der Waals surface area contributed by atoms with Crippen molar-refractivity contribution in [3.63, 3.8) is 0 Å². The van der Waals surface area contributed by atoms with Crippen LogP contribution in [-0.4, -0.2) is 127 Å². The first kappa shape index (κ1) is 40.4. The van der Waals surface area contributed by atoms with Gasteiger partial charge < -0.3 is 54.7 Å². The maximum absolute atomic E-state index is 12.6. The first-order valence-electron chi connectivity index (χ1n) is 19.4. The Morgan fingerprint density at radius 2 is 1.89 bits per heavy atom. The third-order valence-corrected chi connectivity index (χ3v) is 16.3. The van der Waals surface area contributed by atoms with Gasteiger partial charge in [0.15, 0.2) is 5.78 Å². The second kappa shape index (κ2) is 15.0. The number of carbonyl (C=O) groups is 2. The number of Topliss-reactive ketones (excluding diaryl/α,β-unsaturated/α-hetero) is 1. The van der Waals surface area contributed by atoms with Gasteiger partial charge in [-0.15, -0.1) is 0 Å². The molecule has 0 aromatic heterocycles. The molecule has 56 heavy (non-hydrogen) atoms. The zero-order chi connectivity index (χ0) is 39.8. The number of aliphatic hydroxyl groups is 4. The molecule has 0 amide bonds. The molecule has 4 heterocycles. The normalized spacial score (nSPS) is 39.7. The molecule has 0 radical (unpaired) electrons. The molecule has 0 unspecified atom stereocenters. The molecular formula is C39H52N2O13S2. The van der Waals surface area contributed by atoms with Crippen LogP contribution >= 0.6 is 21.6 Å². The molecule has 2 saturated carbocycles. The lowest BCUT2D eigenvalue weighted by molar-refractivity contribution is -0.323. The van der Waals surface area contributed by atoms with Gasteiger partial charge >= 0.3 is 5.97 Å². The van der Waals surface area contributed by atoms with Crippen molar-refractivity contribution in [2.45, 2.75) is 107 Å². The third-order valence-electron chi connectivity index (χ3n) is 14.1. The predicted octanol–water partition coefficient (Wildman–Crippen LogP) is 2.98. The highest BCUT2D eigenvalue weighted by molar-refractivity contribution is 8.76. The number of benzene rings is 2. The van der Waals surface area contributed by atoms with E-state index in [9.17, 15) is 45.3 Å². The summed E-state index contributed by atoms with van der Waals surface area (Å²) in [4.78, 5) is 24.8. The molecule has 4 aliphatic heterocycles. The van der Waals surface area contributed by atoms with E-state index < -0.39 is 65.6 Å². The molecule has 6 fully saturated rings. The molecule has 6 aliphatic rings. The molecule has 8 rings (SSSR count). The van der Waals surface area contributed by atoms with Crippen LogP contribution in [-0.2, 0) is 14.2 Å². The van der Waals surface area contributed by atoms with Crippen molar-refractivity contribution in [1.29, 1.82) is 0 Å². The number of phenolic OH excluding ortho intramolecular Hbond substituents is 2. The Morgan fingerprint density at radius 3 is 2.62 bits per heavy atom. The summed E-state index contributed by atoms with van der Waals surface area (Å²) in [5.41, 5.74) is 4.58. The lowest BCUT2D eigenvalue weighted by Gasteiger charge is -2.67. The van der Waals surface area contributed by atoms with Gasteiger partial charge in [0.05, 0.1) is 29.7 Å². The Morgan fingerprint density at radius 1 is 1.09 bits per heavy atom. The summed E-state index contributed by atoms with van der Waals surface area (Å²) >= 11 is 0. The van der Waals surface area contributed by atoms with Gasteiger partial charge in [-0.1, -0.05) is 28.0 Å². The molecule has 17 heteroatoms. The van der Waals surface area contributed by atoms with E-state index in [1.165, 1.54) is 24.6 Å². The number of fused-ring (bicyclic) bond motifs is 1. The Bertz CT molecular complexity index is 1880. The van der Waals surface area contributed by atoms with E-state index in [-0.39, 0.29) is 74.8 Å². The molecule has 4 saturated heterocycles. The van der Waals surface area contributed by atoms with Crippen molar-refractivity contribution >= 4 is 44.1 Å². The predicted molar refractivity (Wildman–Crippen MR) is 206 cm³/mol. The monoisotopic (exact) mass is 820 g/mol. The molecule has 3 spiro atoms. The number of hydrogen-bond acceptors (Lipinski definition) is 16. The quantitative estimate of drug-likeness (QED) is 0.111. The number of carboxylic acid groups (broad SMARTS) is 1. The number of phenols is 2. The Labute approximate surface area is 332 Å². The fraction of sp³-hybridized carbons (Fsp3) is 0.692. The highest BCUT2D eigenvalue weighted by Crippen LogP contribution is 2.65. The Balaban J connectivity index is 1.17. The number of nitrogens with one attached hydrogen (secondary N) is 2. The van der Waals surface area contributed by atoms with Gasteiger partial charge in [0.25, 0.3) is 0 Å².